The van der Waals surface area contributed by atoms with Crippen LogP contribution in [0.5, 0.6) is 0 Å². The normalized spacial score (nSPS) is 16.5. The van der Waals surface area contributed by atoms with E-state index in [1.54, 1.807) is 11.1 Å². The molecule has 1 aliphatic rings. The zero-order valence-electron chi connectivity index (χ0n) is 10.9. The highest BCUT2D eigenvalue weighted by atomic mass is 15.1. The minimum atomic E-state index is 1.14. The molecule has 1 aliphatic heterocycles. The molecule has 0 saturated heterocycles. The quantitative estimate of drug-likeness (QED) is 0.784. The second-order valence-electron chi connectivity index (χ2n) is 4.96. The molecule has 94 valence electrons. The average molecular weight is 232 g/mol. The molecular weight excluding hydrogens is 208 g/mol. The van der Waals surface area contributed by atoms with Crippen molar-refractivity contribution in [2.45, 2.75) is 32.2 Å². The van der Waals surface area contributed by atoms with Crippen LogP contribution in [0.25, 0.3) is 0 Å². The van der Waals surface area contributed by atoms with Crippen LogP contribution in [-0.2, 0) is 13.0 Å². The van der Waals surface area contributed by atoms with Gasteiger partial charge in [0, 0.05) is 6.54 Å². The summed E-state index contributed by atoms with van der Waals surface area (Å²) in [4.78, 5) is 2.61. The molecule has 0 aliphatic carbocycles. The summed E-state index contributed by atoms with van der Waals surface area (Å²) in [6.07, 6.45) is 5.16. The Labute approximate surface area is 105 Å². The summed E-state index contributed by atoms with van der Waals surface area (Å²) < 4.78 is 0. The number of hydrogen-bond donors (Lipinski definition) is 1. The fourth-order valence-electron chi connectivity index (χ4n) is 2.60. The highest BCUT2D eigenvalue weighted by molar-refractivity contribution is 5.27. The van der Waals surface area contributed by atoms with Gasteiger partial charge in [0.15, 0.2) is 0 Å². The lowest BCUT2D eigenvalue weighted by molar-refractivity contribution is 0.264. The Bertz CT molecular complexity index is 335. The van der Waals surface area contributed by atoms with E-state index in [9.17, 15) is 0 Å². The fraction of sp³-hybridized carbons (Fsp3) is 0.600. The number of aryl methyl sites for hydroxylation is 1. The molecule has 0 saturated carbocycles. The number of hydrogen-bond acceptors (Lipinski definition) is 2. The topological polar surface area (TPSA) is 15.3 Å². The smallest absolute Gasteiger partial charge is 0.0236 e. The van der Waals surface area contributed by atoms with Crippen LogP contribution in [0.15, 0.2) is 24.3 Å². The molecule has 0 bridgehead atoms. The van der Waals surface area contributed by atoms with E-state index in [-0.39, 0.29) is 0 Å². The van der Waals surface area contributed by atoms with Crippen molar-refractivity contribution in [1.29, 1.82) is 0 Å². The summed E-state index contributed by atoms with van der Waals surface area (Å²) in [6, 6.07) is 8.92. The van der Waals surface area contributed by atoms with Crippen LogP contribution in [-0.4, -0.2) is 31.6 Å². The molecular formula is C15H24N2. The van der Waals surface area contributed by atoms with Crippen molar-refractivity contribution < 1.29 is 0 Å². The monoisotopic (exact) mass is 232 g/mol. The summed E-state index contributed by atoms with van der Waals surface area (Å²) in [5.74, 6) is 0. The van der Waals surface area contributed by atoms with Crippen molar-refractivity contribution in [3.8, 4) is 0 Å². The molecule has 2 nitrogen and oxygen atoms in total. The van der Waals surface area contributed by atoms with Gasteiger partial charge in [-0.3, -0.25) is 4.90 Å². The van der Waals surface area contributed by atoms with Gasteiger partial charge in [-0.05, 0) is 63.5 Å². The largest absolute Gasteiger partial charge is 0.320 e. The molecule has 17 heavy (non-hydrogen) atoms. The van der Waals surface area contributed by atoms with Crippen molar-refractivity contribution in [2.24, 2.45) is 0 Å². The van der Waals surface area contributed by atoms with Crippen LogP contribution < -0.4 is 5.32 Å². The molecule has 2 rings (SSSR count). The van der Waals surface area contributed by atoms with Crippen LogP contribution in [0.3, 0.4) is 0 Å². The first-order valence-corrected chi connectivity index (χ1v) is 6.84. The molecule has 2 heteroatoms. The third-order valence-electron chi connectivity index (χ3n) is 3.58. The van der Waals surface area contributed by atoms with Crippen molar-refractivity contribution in [1.82, 2.24) is 10.2 Å². The number of fused-ring (bicyclic) bond motifs is 1. The number of nitrogens with one attached hydrogen (secondary N) is 1. The summed E-state index contributed by atoms with van der Waals surface area (Å²) in [6.45, 7) is 4.80. The molecule has 1 N–H and O–H groups in total. The van der Waals surface area contributed by atoms with Crippen molar-refractivity contribution in [2.75, 3.05) is 26.7 Å². The maximum Gasteiger partial charge on any atom is 0.0236 e. The van der Waals surface area contributed by atoms with Gasteiger partial charge < -0.3 is 5.32 Å². The standard InChI is InChI=1S/C15H24N2/c1-16-10-4-5-11-17-12-6-9-14-7-2-3-8-15(14)13-17/h2-3,7-8,16H,4-6,9-13H2,1H3. The van der Waals surface area contributed by atoms with Crippen molar-refractivity contribution >= 4 is 0 Å². The molecule has 1 aromatic rings. The van der Waals surface area contributed by atoms with Gasteiger partial charge in [-0.2, -0.15) is 0 Å². The predicted octanol–water partition coefficient (Wildman–Crippen LogP) is 2.43. The molecule has 0 spiro atoms. The SMILES string of the molecule is CNCCCCN1CCCc2ccccc2C1. The number of unbranched alkanes of at least 4 members (excludes halogenated alkanes) is 1. The van der Waals surface area contributed by atoms with E-state index < -0.39 is 0 Å². The first-order chi connectivity index (χ1) is 8.40. The lowest BCUT2D eigenvalue weighted by Gasteiger charge is -2.20. The van der Waals surface area contributed by atoms with Crippen molar-refractivity contribution in [3.63, 3.8) is 0 Å². The third kappa shape index (κ3) is 3.83. The van der Waals surface area contributed by atoms with E-state index >= 15 is 0 Å². The van der Waals surface area contributed by atoms with E-state index in [4.69, 9.17) is 0 Å². The Balaban J connectivity index is 1.85. The Kier molecular flexibility index (Phi) is 5.02. The lowest BCUT2D eigenvalue weighted by atomic mass is 10.0. The minimum Gasteiger partial charge on any atom is -0.320 e. The van der Waals surface area contributed by atoms with Crippen LogP contribution in [0.2, 0.25) is 0 Å². The fourth-order valence-corrected chi connectivity index (χ4v) is 2.60. The van der Waals surface area contributed by atoms with Gasteiger partial charge in [-0.15, -0.1) is 0 Å². The molecule has 0 radical (unpaired) electrons. The average Bonchev–Trinajstić information content (AvgIpc) is 2.56. The van der Waals surface area contributed by atoms with Gasteiger partial charge in [0.1, 0.15) is 0 Å². The van der Waals surface area contributed by atoms with Crippen LogP contribution >= 0.6 is 0 Å². The molecule has 0 atom stereocenters. The molecule has 1 aromatic carbocycles. The number of rotatable bonds is 5. The highest BCUT2D eigenvalue weighted by Gasteiger charge is 2.12. The summed E-state index contributed by atoms with van der Waals surface area (Å²) in [7, 11) is 2.03. The predicted molar refractivity (Wildman–Crippen MR) is 73.2 cm³/mol. The Morgan fingerprint density at radius 3 is 2.82 bits per heavy atom. The summed E-state index contributed by atoms with van der Waals surface area (Å²) in [5.41, 5.74) is 3.10. The zero-order valence-corrected chi connectivity index (χ0v) is 10.9. The second kappa shape index (κ2) is 6.77. The summed E-state index contributed by atoms with van der Waals surface area (Å²) >= 11 is 0. The molecule has 0 amide bonds. The van der Waals surface area contributed by atoms with E-state index in [2.05, 4.69) is 34.5 Å². The second-order valence-corrected chi connectivity index (χ2v) is 4.96. The van der Waals surface area contributed by atoms with E-state index in [0.717, 1.165) is 13.1 Å². The van der Waals surface area contributed by atoms with Gasteiger partial charge >= 0.3 is 0 Å². The minimum absolute atomic E-state index is 1.14. The van der Waals surface area contributed by atoms with E-state index in [1.165, 1.54) is 38.8 Å². The Morgan fingerprint density at radius 1 is 1.18 bits per heavy atom. The lowest BCUT2D eigenvalue weighted by Crippen LogP contribution is -2.25. The summed E-state index contributed by atoms with van der Waals surface area (Å²) in [5, 5.41) is 3.21. The van der Waals surface area contributed by atoms with E-state index in [0.29, 0.717) is 0 Å². The maximum atomic E-state index is 3.21. The van der Waals surface area contributed by atoms with Gasteiger partial charge in [-0.1, -0.05) is 24.3 Å². The number of nitrogens with zero attached hydrogens (tertiary/aromatic N) is 1. The molecule has 1 heterocycles. The van der Waals surface area contributed by atoms with Crippen molar-refractivity contribution in [3.05, 3.63) is 35.4 Å². The molecule has 0 fully saturated rings. The van der Waals surface area contributed by atoms with Gasteiger partial charge in [0.2, 0.25) is 0 Å². The maximum absolute atomic E-state index is 3.21. The van der Waals surface area contributed by atoms with Crippen LogP contribution in [0.4, 0.5) is 0 Å². The first kappa shape index (κ1) is 12.6. The van der Waals surface area contributed by atoms with Gasteiger partial charge in [0.25, 0.3) is 0 Å². The van der Waals surface area contributed by atoms with Crippen LogP contribution in [0.1, 0.15) is 30.4 Å². The van der Waals surface area contributed by atoms with Gasteiger partial charge in [-0.25, -0.2) is 0 Å². The Hall–Kier alpha value is -0.860. The van der Waals surface area contributed by atoms with Crippen LogP contribution in [0, 0.1) is 0 Å². The zero-order chi connectivity index (χ0) is 11.9. The third-order valence-corrected chi connectivity index (χ3v) is 3.58. The molecule has 0 unspecified atom stereocenters. The Morgan fingerprint density at radius 2 is 2.00 bits per heavy atom. The van der Waals surface area contributed by atoms with Gasteiger partial charge in [0.05, 0.1) is 0 Å². The highest BCUT2D eigenvalue weighted by Crippen LogP contribution is 2.18. The van der Waals surface area contributed by atoms with E-state index in [1.807, 2.05) is 7.05 Å². The number of benzene rings is 1. The molecule has 0 aromatic heterocycles. The first-order valence-electron chi connectivity index (χ1n) is 6.84.